The molecule has 4 aromatic rings. The van der Waals surface area contributed by atoms with Crippen LogP contribution in [0.5, 0.6) is 0 Å². The van der Waals surface area contributed by atoms with Crippen LogP contribution in [0.2, 0.25) is 0 Å². The molecule has 3 N–H and O–H groups in total. The third-order valence-electron chi connectivity index (χ3n) is 5.49. The second-order valence-electron chi connectivity index (χ2n) is 7.88. The summed E-state index contributed by atoms with van der Waals surface area (Å²) in [4.78, 5) is 26.7. The van der Waals surface area contributed by atoms with Crippen LogP contribution >= 0.6 is 11.3 Å². The second-order valence-corrected chi connectivity index (χ2v) is 8.91. The van der Waals surface area contributed by atoms with Gasteiger partial charge in [-0.05, 0) is 68.1 Å². The van der Waals surface area contributed by atoms with E-state index in [1.165, 1.54) is 4.88 Å². The normalized spacial score (nSPS) is 10.6. The molecule has 0 aliphatic heterocycles. The number of hydrogen-bond donors (Lipinski definition) is 3. The predicted octanol–water partition coefficient (Wildman–Crippen LogP) is 6.42. The number of aromatic nitrogens is 1. The molecule has 2 heterocycles. The molecule has 4 rings (SSSR count). The fraction of sp³-hybridized carbons (Fsp3) is 0.154. The van der Waals surface area contributed by atoms with E-state index in [2.05, 4.69) is 32.0 Å². The number of urea groups is 1. The Hall–Kier alpha value is -3.84. The Morgan fingerprint density at radius 3 is 2.33 bits per heavy atom. The van der Waals surface area contributed by atoms with Crippen molar-refractivity contribution in [2.75, 3.05) is 16.0 Å². The first-order valence-corrected chi connectivity index (χ1v) is 11.5. The molecule has 0 atom stereocenters. The minimum Gasteiger partial charge on any atom is -0.343 e. The van der Waals surface area contributed by atoms with Gasteiger partial charge in [-0.2, -0.15) is 0 Å². The topological polar surface area (TPSA) is 75.2 Å². The van der Waals surface area contributed by atoms with E-state index in [0.717, 1.165) is 23.5 Å². The highest BCUT2D eigenvalue weighted by Gasteiger charge is 2.17. The van der Waals surface area contributed by atoms with E-state index in [1.807, 2.05) is 75.4 Å². The maximum absolute atomic E-state index is 13.1. The quantitative estimate of drug-likeness (QED) is 0.312. The number of carbonyl (C=O) groups excluding carboxylic acids is 2. The van der Waals surface area contributed by atoms with Crippen molar-refractivity contribution < 1.29 is 9.59 Å². The first-order chi connectivity index (χ1) is 15.9. The Kier molecular flexibility index (Phi) is 6.60. The van der Waals surface area contributed by atoms with E-state index in [-0.39, 0.29) is 11.9 Å². The Morgan fingerprint density at radius 1 is 0.848 bits per heavy atom. The molecule has 3 amide bonds. The summed E-state index contributed by atoms with van der Waals surface area (Å²) >= 11 is 1.70. The summed E-state index contributed by atoms with van der Waals surface area (Å²) in [5.41, 5.74) is 5.46. The summed E-state index contributed by atoms with van der Waals surface area (Å²) in [5, 5.41) is 10.7. The number of para-hydroxylation sites is 1. The van der Waals surface area contributed by atoms with Gasteiger partial charge >= 0.3 is 6.03 Å². The average Bonchev–Trinajstić information content (AvgIpc) is 3.40. The van der Waals surface area contributed by atoms with Gasteiger partial charge in [0.15, 0.2) is 0 Å². The minimum absolute atomic E-state index is 0.172. The van der Waals surface area contributed by atoms with Crippen LogP contribution in [0.15, 0.2) is 72.1 Å². The summed E-state index contributed by atoms with van der Waals surface area (Å²) in [7, 11) is 0. The van der Waals surface area contributed by atoms with E-state index < -0.39 is 0 Å². The number of amides is 3. The van der Waals surface area contributed by atoms with Crippen LogP contribution in [0.25, 0.3) is 0 Å². The van der Waals surface area contributed by atoms with Crippen molar-refractivity contribution in [3.63, 3.8) is 0 Å². The van der Waals surface area contributed by atoms with Crippen LogP contribution in [-0.4, -0.2) is 16.5 Å². The van der Waals surface area contributed by atoms with Gasteiger partial charge in [-0.25, -0.2) is 4.79 Å². The summed E-state index contributed by atoms with van der Waals surface area (Å²) in [6.07, 6.45) is 0. The first kappa shape index (κ1) is 22.4. The van der Waals surface area contributed by atoms with Crippen molar-refractivity contribution in [2.24, 2.45) is 0 Å². The highest BCUT2D eigenvalue weighted by atomic mass is 32.1. The number of benzene rings is 2. The zero-order valence-electron chi connectivity index (χ0n) is 18.8. The molecule has 33 heavy (non-hydrogen) atoms. The number of anilines is 3. The molecule has 168 valence electrons. The fourth-order valence-electron chi connectivity index (χ4n) is 3.67. The molecule has 0 saturated heterocycles. The summed E-state index contributed by atoms with van der Waals surface area (Å²) < 4.78 is 2.15. The molecule has 6 nitrogen and oxygen atoms in total. The van der Waals surface area contributed by atoms with Crippen molar-refractivity contribution in [3.05, 3.63) is 99.5 Å². The average molecular weight is 459 g/mol. The maximum Gasteiger partial charge on any atom is 0.323 e. The van der Waals surface area contributed by atoms with Crippen LogP contribution in [0.3, 0.4) is 0 Å². The van der Waals surface area contributed by atoms with Gasteiger partial charge in [-0.15, -0.1) is 11.3 Å². The molecule has 0 spiro atoms. The maximum atomic E-state index is 13.1. The molecule has 2 aromatic heterocycles. The van der Waals surface area contributed by atoms with Crippen LogP contribution in [0.4, 0.5) is 21.9 Å². The van der Waals surface area contributed by atoms with Gasteiger partial charge in [0.05, 0.1) is 12.1 Å². The Bertz CT molecular complexity index is 1280. The zero-order valence-corrected chi connectivity index (χ0v) is 19.6. The van der Waals surface area contributed by atoms with E-state index in [9.17, 15) is 9.59 Å². The minimum atomic E-state index is -0.348. The molecule has 0 aliphatic rings. The lowest BCUT2D eigenvalue weighted by Gasteiger charge is -2.13. The Morgan fingerprint density at radius 2 is 1.61 bits per heavy atom. The molecular formula is C26H26N4O2S. The van der Waals surface area contributed by atoms with Crippen molar-refractivity contribution in [1.82, 2.24) is 4.57 Å². The molecule has 0 radical (unpaired) electrons. The van der Waals surface area contributed by atoms with E-state index in [4.69, 9.17) is 0 Å². The highest BCUT2D eigenvalue weighted by Crippen LogP contribution is 2.24. The third kappa shape index (κ3) is 5.32. The first-order valence-electron chi connectivity index (χ1n) is 10.6. The van der Waals surface area contributed by atoms with Crippen LogP contribution in [0.1, 0.15) is 32.2 Å². The Labute approximate surface area is 197 Å². The van der Waals surface area contributed by atoms with Crippen LogP contribution < -0.4 is 16.0 Å². The van der Waals surface area contributed by atoms with Gasteiger partial charge in [0.1, 0.15) is 0 Å². The number of carbonyl (C=O) groups is 2. The standard InChI is InChI=1S/C26H26N4O2S/c1-17-11-12-21(28-26(32)27-20-8-5-4-6-9-20)15-24(17)29-25(31)23-14-18(2)30(19(23)3)16-22-10-7-13-33-22/h4-15H,16H2,1-3H3,(H,29,31)(H2,27,28,32). The van der Waals surface area contributed by atoms with Crippen molar-refractivity contribution in [2.45, 2.75) is 27.3 Å². The molecule has 7 heteroatoms. The predicted molar refractivity (Wildman–Crippen MR) is 136 cm³/mol. The molecule has 0 bridgehead atoms. The monoisotopic (exact) mass is 458 g/mol. The SMILES string of the molecule is Cc1ccc(NC(=O)Nc2ccccc2)cc1NC(=O)c1cc(C)n(Cc2cccs2)c1C. The van der Waals surface area contributed by atoms with Gasteiger partial charge < -0.3 is 20.5 Å². The Balaban J connectivity index is 1.47. The fourth-order valence-corrected chi connectivity index (χ4v) is 4.36. The number of nitrogens with zero attached hydrogens (tertiary/aromatic N) is 1. The van der Waals surface area contributed by atoms with Crippen molar-refractivity contribution >= 4 is 40.3 Å². The van der Waals surface area contributed by atoms with Gasteiger partial charge in [0.2, 0.25) is 0 Å². The number of thiophene rings is 1. The largest absolute Gasteiger partial charge is 0.343 e. The lowest BCUT2D eigenvalue weighted by molar-refractivity contribution is 0.102. The van der Waals surface area contributed by atoms with E-state index >= 15 is 0 Å². The lowest BCUT2D eigenvalue weighted by atomic mass is 10.1. The summed E-state index contributed by atoms with van der Waals surface area (Å²) in [5.74, 6) is -0.172. The molecule has 2 aromatic carbocycles. The number of rotatable bonds is 6. The molecule has 0 aliphatic carbocycles. The summed E-state index contributed by atoms with van der Waals surface area (Å²) in [6.45, 7) is 6.65. The number of hydrogen-bond acceptors (Lipinski definition) is 3. The molecule has 0 unspecified atom stereocenters. The smallest absolute Gasteiger partial charge is 0.323 e. The molecule has 0 saturated carbocycles. The number of nitrogens with one attached hydrogen (secondary N) is 3. The van der Waals surface area contributed by atoms with Crippen LogP contribution in [-0.2, 0) is 6.54 Å². The van der Waals surface area contributed by atoms with E-state index in [0.29, 0.717) is 22.6 Å². The zero-order chi connectivity index (χ0) is 23.4. The molecule has 0 fully saturated rings. The van der Waals surface area contributed by atoms with Gasteiger partial charge in [-0.1, -0.05) is 30.3 Å². The van der Waals surface area contributed by atoms with Gasteiger partial charge in [0.25, 0.3) is 5.91 Å². The van der Waals surface area contributed by atoms with E-state index in [1.54, 1.807) is 17.4 Å². The van der Waals surface area contributed by atoms with Crippen molar-refractivity contribution in [1.29, 1.82) is 0 Å². The van der Waals surface area contributed by atoms with Gasteiger partial charge in [-0.3, -0.25) is 4.79 Å². The highest BCUT2D eigenvalue weighted by molar-refractivity contribution is 7.09. The van der Waals surface area contributed by atoms with Crippen molar-refractivity contribution in [3.8, 4) is 0 Å². The molecular weight excluding hydrogens is 432 g/mol. The second kappa shape index (κ2) is 9.75. The van der Waals surface area contributed by atoms with Crippen LogP contribution in [0, 0.1) is 20.8 Å². The lowest BCUT2D eigenvalue weighted by Crippen LogP contribution is -2.20. The van der Waals surface area contributed by atoms with Gasteiger partial charge in [0, 0.05) is 33.3 Å². The third-order valence-corrected chi connectivity index (χ3v) is 6.35. The summed E-state index contributed by atoms with van der Waals surface area (Å²) in [6, 6.07) is 20.4. The number of aryl methyl sites for hydroxylation is 2.